The van der Waals surface area contributed by atoms with Crippen LogP contribution in [0.2, 0.25) is 0 Å². The Kier molecular flexibility index (Phi) is 4.63. The van der Waals surface area contributed by atoms with Gasteiger partial charge in [0.15, 0.2) is 0 Å². The lowest BCUT2D eigenvalue weighted by Crippen LogP contribution is -2.36. The molecule has 0 aliphatic carbocycles. The Balaban J connectivity index is 2.35. The van der Waals surface area contributed by atoms with Gasteiger partial charge in [0.1, 0.15) is 0 Å². The summed E-state index contributed by atoms with van der Waals surface area (Å²) in [6.07, 6.45) is 4.90. The zero-order valence-electron chi connectivity index (χ0n) is 10.1. The van der Waals surface area contributed by atoms with Gasteiger partial charge in [0, 0.05) is 25.7 Å². The van der Waals surface area contributed by atoms with Crippen molar-refractivity contribution in [1.29, 1.82) is 0 Å². The highest BCUT2D eigenvalue weighted by atomic mass is 15.1. The third-order valence-corrected chi connectivity index (χ3v) is 2.87. The minimum Gasteiger partial charge on any atom is -0.309 e. The Morgan fingerprint density at radius 3 is 2.71 bits per heavy atom. The summed E-state index contributed by atoms with van der Waals surface area (Å²) in [5.41, 5.74) is 1.62. The Bertz CT molecular complexity index is 194. The molecule has 0 spiro atoms. The first-order valence-electron chi connectivity index (χ1n) is 5.66. The zero-order valence-corrected chi connectivity index (χ0v) is 10.1. The van der Waals surface area contributed by atoms with Crippen LogP contribution in [0.1, 0.15) is 26.7 Å². The maximum absolute atomic E-state index is 2.56. The maximum Gasteiger partial charge on any atom is 0.0196 e. The number of nitrogens with zero attached hydrogens (tertiary/aromatic N) is 2. The minimum absolute atomic E-state index is 0.693. The predicted molar refractivity (Wildman–Crippen MR) is 62.6 cm³/mol. The highest BCUT2D eigenvalue weighted by molar-refractivity contribution is 5.08. The quantitative estimate of drug-likeness (QED) is 0.634. The lowest BCUT2D eigenvalue weighted by Gasteiger charge is -2.31. The molecule has 2 heteroatoms. The van der Waals surface area contributed by atoms with Gasteiger partial charge in [-0.15, -0.1) is 0 Å². The van der Waals surface area contributed by atoms with Crippen molar-refractivity contribution in [2.45, 2.75) is 32.7 Å². The van der Waals surface area contributed by atoms with E-state index in [2.05, 4.69) is 43.8 Å². The Morgan fingerprint density at radius 2 is 2.14 bits per heavy atom. The molecular weight excluding hydrogens is 172 g/mol. The van der Waals surface area contributed by atoms with Gasteiger partial charge in [-0.2, -0.15) is 0 Å². The summed E-state index contributed by atoms with van der Waals surface area (Å²) in [7, 11) is 4.28. The molecule has 1 rings (SSSR count). The summed E-state index contributed by atoms with van der Waals surface area (Å²) >= 11 is 0. The number of hydrogen-bond acceptors (Lipinski definition) is 2. The van der Waals surface area contributed by atoms with E-state index in [1.165, 1.54) is 32.5 Å². The van der Waals surface area contributed by atoms with Crippen molar-refractivity contribution in [3.63, 3.8) is 0 Å². The van der Waals surface area contributed by atoms with Crippen LogP contribution in [0.3, 0.4) is 0 Å². The molecule has 0 aromatic rings. The van der Waals surface area contributed by atoms with E-state index < -0.39 is 0 Å². The summed E-state index contributed by atoms with van der Waals surface area (Å²) in [6.45, 7) is 8.18. The summed E-state index contributed by atoms with van der Waals surface area (Å²) in [5.74, 6) is 0. The average molecular weight is 196 g/mol. The molecular formula is C12H24N2. The minimum atomic E-state index is 0.693. The molecule has 2 nitrogen and oxygen atoms in total. The van der Waals surface area contributed by atoms with Gasteiger partial charge in [-0.05, 0) is 40.8 Å². The summed E-state index contributed by atoms with van der Waals surface area (Å²) in [4.78, 5) is 4.82. The molecule has 0 amide bonds. The van der Waals surface area contributed by atoms with Crippen LogP contribution in [0.15, 0.2) is 11.6 Å². The fourth-order valence-corrected chi connectivity index (χ4v) is 1.83. The Labute approximate surface area is 88.6 Å². The molecule has 1 heterocycles. The number of rotatable bonds is 4. The Hall–Kier alpha value is -0.340. The van der Waals surface area contributed by atoms with Gasteiger partial charge in [0.05, 0.1) is 0 Å². The molecule has 14 heavy (non-hydrogen) atoms. The standard InChI is InChI=1S/C12H24N2/c1-11(2)14-8-5-6-12(10-14)7-9-13(3)4/h6,11H,5,7-10H2,1-4H3. The highest BCUT2D eigenvalue weighted by Crippen LogP contribution is 2.15. The topological polar surface area (TPSA) is 6.48 Å². The van der Waals surface area contributed by atoms with E-state index in [0.29, 0.717) is 6.04 Å². The molecule has 0 radical (unpaired) electrons. The predicted octanol–water partition coefficient (Wildman–Crippen LogP) is 1.98. The van der Waals surface area contributed by atoms with E-state index in [1.807, 2.05) is 0 Å². The van der Waals surface area contributed by atoms with Crippen molar-refractivity contribution in [2.24, 2.45) is 0 Å². The summed E-state index contributed by atoms with van der Waals surface area (Å²) in [6, 6.07) is 0.693. The fraction of sp³-hybridized carbons (Fsp3) is 0.833. The monoisotopic (exact) mass is 196 g/mol. The molecule has 0 saturated carbocycles. The molecule has 0 saturated heterocycles. The second-order valence-corrected chi connectivity index (χ2v) is 4.77. The van der Waals surface area contributed by atoms with E-state index in [1.54, 1.807) is 5.57 Å². The van der Waals surface area contributed by atoms with Crippen LogP contribution >= 0.6 is 0 Å². The molecule has 0 unspecified atom stereocenters. The van der Waals surface area contributed by atoms with Gasteiger partial charge in [-0.3, -0.25) is 4.90 Å². The van der Waals surface area contributed by atoms with Gasteiger partial charge in [-0.1, -0.05) is 11.6 Å². The molecule has 1 aliphatic rings. The first-order chi connectivity index (χ1) is 6.59. The zero-order chi connectivity index (χ0) is 10.6. The van der Waals surface area contributed by atoms with Crippen molar-refractivity contribution in [2.75, 3.05) is 33.7 Å². The van der Waals surface area contributed by atoms with Crippen LogP contribution in [-0.4, -0.2) is 49.6 Å². The van der Waals surface area contributed by atoms with E-state index in [0.717, 1.165) is 0 Å². The van der Waals surface area contributed by atoms with Gasteiger partial charge in [-0.25, -0.2) is 0 Å². The average Bonchev–Trinajstić information content (AvgIpc) is 2.15. The lowest BCUT2D eigenvalue weighted by molar-refractivity contribution is 0.231. The molecule has 0 bridgehead atoms. The largest absolute Gasteiger partial charge is 0.309 e. The van der Waals surface area contributed by atoms with E-state index in [9.17, 15) is 0 Å². The van der Waals surface area contributed by atoms with E-state index in [4.69, 9.17) is 0 Å². The fourth-order valence-electron chi connectivity index (χ4n) is 1.83. The SMILES string of the molecule is CC(C)N1CCC=C(CCN(C)C)C1. The molecule has 0 aromatic carbocycles. The molecule has 1 aliphatic heterocycles. The molecule has 0 aromatic heterocycles. The van der Waals surface area contributed by atoms with Crippen molar-refractivity contribution < 1.29 is 0 Å². The normalized spacial score (nSPS) is 19.1. The van der Waals surface area contributed by atoms with Crippen LogP contribution in [0.25, 0.3) is 0 Å². The van der Waals surface area contributed by atoms with Crippen molar-refractivity contribution in [3.05, 3.63) is 11.6 Å². The molecule has 0 fully saturated rings. The van der Waals surface area contributed by atoms with Crippen LogP contribution < -0.4 is 0 Å². The van der Waals surface area contributed by atoms with Crippen LogP contribution in [0.4, 0.5) is 0 Å². The van der Waals surface area contributed by atoms with Crippen LogP contribution in [0, 0.1) is 0 Å². The third-order valence-electron chi connectivity index (χ3n) is 2.87. The highest BCUT2D eigenvalue weighted by Gasteiger charge is 2.14. The summed E-state index contributed by atoms with van der Waals surface area (Å²) < 4.78 is 0. The van der Waals surface area contributed by atoms with Gasteiger partial charge in [0.25, 0.3) is 0 Å². The second-order valence-electron chi connectivity index (χ2n) is 4.77. The van der Waals surface area contributed by atoms with Gasteiger partial charge >= 0.3 is 0 Å². The van der Waals surface area contributed by atoms with Crippen molar-refractivity contribution >= 4 is 0 Å². The first kappa shape index (κ1) is 11.7. The molecule has 0 atom stereocenters. The van der Waals surface area contributed by atoms with Gasteiger partial charge in [0.2, 0.25) is 0 Å². The number of hydrogen-bond donors (Lipinski definition) is 0. The second kappa shape index (κ2) is 5.52. The van der Waals surface area contributed by atoms with Gasteiger partial charge < -0.3 is 4.90 Å². The first-order valence-corrected chi connectivity index (χ1v) is 5.66. The van der Waals surface area contributed by atoms with E-state index >= 15 is 0 Å². The maximum atomic E-state index is 2.56. The molecule has 0 N–H and O–H groups in total. The summed E-state index contributed by atoms with van der Waals surface area (Å²) in [5, 5.41) is 0. The van der Waals surface area contributed by atoms with Crippen molar-refractivity contribution in [1.82, 2.24) is 9.80 Å². The van der Waals surface area contributed by atoms with Crippen LogP contribution in [0.5, 0.6) is 0 Å². The lowest BCUT2D eigenvalue weighted by atomic mass is 10.1. The van der Waals surface area contributed by atoms with E-state index in [-0.39, 0.29) is 0 Å². The smallest absolute Gasteiger partial charge is 0.0196 e. The van der Waals surface area contributed by atoms with Crippen LogP contribution in [-0.2, 0) is 0 Å². The third kappa shape index (κ3) is 3.81. The molecule has 82 valence electrons. The van der Waals surface area contributed by atoms with Crippen molar-refractivity contribution in [3.8, 4) is 0 Å². The Morgan fingerprint density at radius 1 is 1.43 bits per heavy atom.